The molecule has 3 rings (SSSR count). The Morgan fingerprint density at radius 1 is 1.48 bits per heavy atom. The van der Waals surface area contributed by atoms with Crippen LogP contribution in [0, 0.1) is 0 Å². The maximum absolute atomic E-state index is 12.5. The van der Waals surface area contributed by atoms with E-state index >= 15 is 0 Å². The molecule has 0 amide bonds. The summed E-state index contributed by atoms with van der Waals surface area (Å²) in [5.41, 5.74) is 3.42. The summed E-state index contributed by atoms with van der Waals surface area (Å²) in [5.74, 6) is 0.940. The zero-order chi connectivity index (χ0) is 15.0. The van der Waals surface area contributed by atoms with E-state index in [-0.39, 0.29) is 12.2 Å². The number of hydrogen-bond donors (Lipinski definition) is 0. The SMILES string of the molecule is CCc1nn(C)c(CC(=O)c2ccc3c(c2)CCO3)c1Cl. The van der Waals surface area contributed by atoms with Gasteiger partial charge in [0.25, 0.3) is 0 Å². The van der Waals surface area contributed by atoms with Gasteiger partial charge in [-0.05, 0) is 30.2 Å². The predicted molar refractivity (Wildman–Crippen MR) is 81.3 cm³/mol. The molecular weight excluding hydrogens is 288 g/mol. The molecule has 0 bridgehead atoms. The van der Waals surface area contributed by atoms with Gasteiger partial charge in [0.1, 0.15) is 5.75 Å². The highest BCUT2D eigenvalue weighted by Gasteiger charge is 2.19. The molecule has 1 aromatic heterocycles. The molecule has 0 saturated carbocycles. The van der Waals surface area contributed by atoms with Crippen molar-refractivity contribution in [1.82, 2.24) is 9.78 Å². The number of ketones is 1. The van der Waals surface area contributed by atoms with Gasteiger partial charge in [-0.2, -0.15) is 5.10 Å². The summed E-state index contributed by atoms with van der Waals surface area (Å²) in [6.07, 6.45) is 1.89. The van der Waals surface area contributed by atoms with Gasteiger partial charge in [0.05, 0.1) is 29.4 Å². The molecule has 5 heteroatoms. The lowest BCUT2D eigenvalue weighted by atomic mass is 10.0. The third-order valence-electron chi connectivity index (χ3n) is 3.84. The Balaban J connectivity index is 1.85. The lowest BCUT2D eigenvalue weighted by Gasteiger charge is -2.05. The molecule has 4 nitrogen and oxygen atoms in total. The molecule has 21 heavy (non-hydrogen) atoms. The van der Waals surface area contributed by atoms with Gasteiger partial charge in [0.2, 0.25) is 0 Å². The first-order chi connectivity index (χ1) is 10.1. The van der Waals surface area contributed by atoms with Crippen molar-refractivity contribution < 1.29 is 9.53 Å². The minimum atomic E-state index is 0.0530. The lowest BCUT2D eigenvalue weighted by molar-refractivity contribution is 0.0990. The average Bonchev–Trinajstić information content (AvgIpc) is 3.05. The normalized spacial score (nSPS) is 13.1. The van der Waals surface area contributed by atoms with Crippen molar-refractivity contribution in [2.45, 2.75) is 26.2 Å². The number of ether oxygens (including phenoxy) is 1. The zero-order valence-electron chi connectivity index (χ0n) is 12.1. The van der Waals surface area contributed by atoms with Crippen molar-refractivity contribution in [3.05, 3.63) is 45.7 Å². The first kappa shape index (κ1) is 14.1. The van der Waals surface area contributed by atoms with Crippen LogP contribution in [0.3, 0.4) is 0 Å². The third-order valence-corrected chi connectivity index (χ3v) is 4.28. The highest BCUT2D eigenvalue weighted by atomic mass is 35.5. The zero-order valence-corrected chi connectivity index (χ0v) is 12.9. The number of fused-ring (bicyclic) bond motifs is 1. The van der Waals surface area contributed by atoms with Crippen LogP contribution in [0.4, 0.5) is 0 Å². The van der Waals surface area contributed by atoms with Crippen molar-refractivity contribution in [2.24, 2.45) is 7.05 Å². The van der Waals surface area contributed by atoms with E-state index in [4.69, 9.17) is 16.3 Å². The molecule has 0 fully saturated rings. The molecule has 1 aliphatic rings. The molecule has 2 aromatic rings. The Bertz CT molecular complexity index is 707. The van der Waals surface area contributed by atoms with Crippen LogP contribution in [0.15, 0.2) is 18.2 Å². The number of carbonyl (C=O) groups is 1. The second-order valence-electron chi connectivity index (χ2n) is 5.21. The molecule has 0 aliphatic carbocycles. The van der Waals surface area contributed by atoms with Crippen LogP contribution < -0.4 is 4.74 Å². The standard InChI is InChI=1S/C16H17ClN2O2/c1-3-12-16(17)13(19(2)18-12)9-14(20)10-4-5-15-11(8-10)6-7-21-15/h4-5,8H,3,6-7,9H2,1-2H3. The molecular formula is C16H17ClN2O2. The van der Waals surface area contributed by atoms with E-state index in [0.717, 1.165) is 35.5 Å². The summed E-state index contributed by atoms with van der Waals surface area (Å²) in [5, 5.41) is 4.95. The van der Waals surface area contributed by atoms with E-state index in [0.29, 0.717) is 17.2 Å². The smallest absolute Gasteiger partial charge is 0.168 e. The Morgan fingerprint density at radius 3 is 3.00 bits per heavy atom. The monoisotopic (exact) mass is 304 g/mol. The van der Waals surface area contributed by atoms with Crippen LogP contribution in [-0.4, -0.2) is 22.2 Å². The highest BCUT2D eigenvalue weighted by Crippen LogP contribution is 2.27. The largest absolute Gasteiger partial charge is 0.493 e. The van der Waals surface area contributed by atoms with Gasteiger partial charge in [-0.1, -0.05) is 18.5 Å². The van der Waals surface area contributed by atoms with Crippen molar-refractivity contribution in [1.29, 1.82) is 0 Å². The maximum atomic E-state index is 12.5. The first-order valence-electron chi connectivity index (χ1n) is 7.09. The Hall–Kier alpha value is -1.81. The number of carbonyl (C=O) groups excluding carboxylic acids is 1. The van der Waals surface area contributed by atoms with Crippen molar-refractivity contribution in [2.75, 3.05) is 6.61 Å². The summed E-state index contributed by atoms with van der Waals surface area (Å²) in [6, 6.07) is 5.62. The van der Waals surface area contributed by atoms with Gasteiger partial charge in [-0.15, -0.1) is 0 Å². The molecule has 1 aromatic carbocycles. The van der Waals surface area contributed by atoms with Gasteiger partial charge in [0.15, 0.2) is 5.78 Å². The van der Waals surface area contributed by atoms with Crippen LogP contribution in [0.1, 0.15) is 34.2 Å². The van der Waals surface area contributed by atoms with Crippen LogP contribution in [0.5, 0.6) is 5.75 Å². The number of hydrogen-bond acceptors (Lipinski definition) is 3. The average molecular weight is 305 g/mol. The topological polar surface area (TPSA) is 44.1 Å². The number of benzene rings is 1. The summed E-state index contributed by atoms with van der Waals surface area (Å²) < 4.78 is 7.16. The molecule has 1 aliphatic heterocycles. The van der Waals surface area contributed by atoms with Gasteiger partial charge in [0, 0.05) is 19.0 Å². The Labute approximate surface area is 128 Å². The number of aromatic nitrogens is 2. The van der Waals surface area contributed by atoms with Crippen molar-refractivity contribution in [3.8, 4) is 5.75 Å². The number of Topliss-reactive ketones (excluding diaryl/α,β-unsaturated/α-hetero) is 1. The first-order valence-corrected chi connectivity index (χ1v) is 7.47. The highest BCUT2D eigenvalue weighted by molar-refractivity contribution is 6.32. The third kappa shape index (κ3) is 2.56. The maximum Gasteiger partial charge on any atom is 0.168 e. The van der Waals surface area contributed by atoms with Crippen LogP contribution in [0.25, 0.3) is 0 Å². The number of rotatable bonds is 4. The number of aryl methyl sites for hydroxylation is 2. The Kier molecular flexibility index (Phi) is 3.72. The van der Waals surface area contributed by atoms with E-state index < -0.39 is 0 Å². The van der Waals surface area contributed by atoms with Crippen molar-refractivity contribution in [3.63, 3.8) is 0 Å². The molecule has 0 unspecified atom stereocenters. The summed E-state index contributed by atoms with van der Waals surface area (Å²) in [4.78, 5) is 12.5. The number of halogens is 1. The molecule has 0 spiro atoms. The van der Waals surface area contributed by atoms with Crippen molar-refractivity contribution >= 4 is 17.4 Å². The molecule has 0 saturated heterocycles. The molecule has 0 N–H and O–H groups in total. The van der Waals surface area contributed by atoms with Gasteiger partial charge < -0.3 is 4.74 Å². The van der Waals surface area contributed by atoms with Crippen LogP contribution in [-0.2, 0) is 26.3 Å². The summed E-state index contributed by atoms with van der Waals surface area (Å²) in [7, 11) is 1.82. The lowest BCUT2D eigenvalue weighted by Crippen LogP contribution is -2.08. The number of nitrogens with zero attached hydrogens (tertiary/aromatic N) is 2. The van der Waals surface area contributed by atoms with Crippen LogP contribution >= 0.6 is 11.6 Å². The van der Waals surface area contributed by atoms with Gasteiger partial charge >= 0.3 is 0 Å². The van der Waals surface area contributed by atoms with E-state index in [1.807, 2.05) is 32.2 Å². The quantitative estimate of drug-likeness (QED) is 0.816. The molecule has 2 heterocycles. The van der Waals surface area contributed by atoms with E-state index in [2.05, 4.69) is 5.10 Å². The summed E-state index contributed by atoms with van der Waals surface area (Å²) in [6.45, 7) is 2.70. The predicted octanol–water partition coefficient (Wildman–Crippen LogP) is 3.00. The van der Waals surface area contributed by atoms with Gasteiger partial charge in [-0.3, -0.25) is 9.48 Å². The molecule has 110 valence electrons. The van der Waals surface area contributed by atoms with E-state index in [1.165, 1.54) is 0 Å². The molecule has 0 radical (unpaired) electrons. The second-order valence-corrected chi connectivity index (χ2v) is 5.58. The fourth-order valence-electron chi connectivity index (χ4n) is 2.63. The van der Waals surface area contributed by atoms with E-state index in [9.17, 15) is 4.79 Å². The van der Waals surface area contributed by atoms with E-state index in [1.54, 1.807) is 4.68 Å². The minimum Gasteiger partial charge on any atom is -0.493 e. The summed E-state index contributed by atoms with van der Waals surface area (Å²) >= 11 is 6.30. The molecule has 0 atom stereocenters. The fourth-order valence-corrected chi connectivity index (χ4v) is 2.99. The fraction of sp³-hybridized carbons (Fsp3) is 0.375. The second kappa shape index (κ2) is 5.53. The Morgan fingerprint density at radius 2 is 2.29 bits per heavy atom. The minimum absolute atomic E-state index is 0.0530. The van der Waals surface area contributed by atoms with Gasteiger partial charge in [-0.25, -0.2) is 0 Å². The van der Waals surface area contributed by atoms with Crippen LogP contribution in [0.2, 0.25) is 5.02 Å².